The lowest BCUT2D eigenvalue weighted by atomic mass is 10.1. The lowest BCUT2D eigenvalue weighted by Gasteiger charge is -2.27. The predicted molar refractivity (Wildman–Crippen MR) is 104 cm³/mol. The van der Waals surface area contributed by atoms with Gasteiger partial charge in [0.15, 0.2) is 11.0 Å². The molecular formula is C18H18BrFN2OS. The number of anilines is 1. The summed E-state index contributed by atoms with van der Waals surface area (Å²) in [6.07, 6.45) is 1.06. The van der Waals surface area contributed by atoms with Crippen molar-refractivity contribution in [1.29, 1.82) is 0 Å². The molecule has 3 rings (SSSR count). The van der Waals surface area contributed by atoms with E-state index in [1.54, 1.807) is 11.8 Å². The van der Waals surface area contributed by atoms with Crippen LogP contribution in [0, 0.1) is 5.82 Å². The molecule has 24 heavy (non-hydrogen) atoms. The van der Waals surface area contributed by atoms with Crippen LogP contribution in [0.1, 0.15) is 16.8 Å². The van der Waals surface area contributed by atoms with E-state index < -0.39 is 0 Å². The molecule has 0 amide bonds. The topological polar surface area (TPSA) is 32.7 Å². The van der Waals surface area contributed by atoms with E-state index in [-0.39, 0.29) is 35.1 Å². The first-order chi connectivity index (χ1) is 11.2. The molecule has 0 aromatic heterocycles. The second-order valence-corrected chi connectivity index (χ2v) is 6.28. The maximum Gasteiger partial charge on any atom is 0.182 e. The van der Waals surface area contributed by atoms with Crippen molar-refractivity contribution in [3.8, 4) is 0 Å². The Morgan fingerprint density at radius 3 is 2.46 bits per heavy atom. The molecule has 2 aromatic carbocycles. The van der Waals surface area contributed by atoms with E-state index >= 15 is 0 Å². The Labute approximate surface area is 155 Å². The van der Waals surface area contributed by atoms with E-state index in [0.29, 0.717) is 5.56 Å². The summed E-state index contributed by atoms with van der Waals surface area (Å²) in [6.45, 7) is 0.984. The molecule has 1 aliphatic heterocycles. The van der Waals surface area contributed by atoms with Crippen LogP contribution < -0.4 is 4.90 Å². The van der Waals surface area contributed by atoms with E-state index in [1.807, 2.05) is 35.2 Å². The lowest BCUT2D eigenvalue weighted by molar-refractivity contribution is 0.100. The molecule has 0 unspecified atom stereocenters. The van der Waals surface area contributed by atoms with Crippen LogP contribution in [0.5, 0.6) is 0 Å². The molecule has 126 valence electrons. The molecule has 0 fully saturated rings. The second kappa shape index (κ2) is 8.99. The fourth-order valence-corrected chi connectivity index (χ4v) is 3.32. The average Bonchev–Trinajstić information content (AvgIpc) is 2.61. The summed E-state index contributed by atoms with van der Waals surface area (Å²) in [5.74, 6) is 0.615. The smallest absolute Gasteiger partial charge is 0.182 e. The zero-order valence-corrected chi connectivity index (χ0v) is 15.6. The Balaban J connectivity index is 0.00000208. The molecule has 0 saturated carbocycles. The van der Waals surface area contributed by atoms with Crippen LogP contribution in [0.3, 0.4) is 0 Å². The van der Waals surface area contributed by atoms with Crippen molar-refractivity contribution in [3.05, 3.63) is 66.0 Å². The minimum Gasteiger partial charge on any atom is -0.313 e. The number of para-hydroxylation sites is 1. The van der Waals surface area contributed by atoms with E-state index in [9.17, 15) is 9.18 Å². The van der Waals surface area contributed by atoms with Gasteiger partial charge in [0.25, 0.3) is 0 Å². The Bertz CT molecular complexity index is 707. The number of hydrogen-bond donors (Lipinski definition) is 0. The van der Waals surface area contributed by atoms with Crippen LogP contribution in [-0.4, -0.2) is 29.8 Å². The lowest BCUT2D eigenvalue weighted by Crippen LogP contribution is -2.35. The van der Waals surface area contributed by atoms with Gasteiger partial charge in [-0.25, -0.2) is 4.39 Å². The Morgan fingerprint density at radius 1 is 1.12 bits per heavy atom. The summed E-state index contributed by atoms with van der Waals surface area (Å²) in [5, 5.41) is 0.873. The number of benzene rings is 2. The summed E-state index contributed by atoms with van der Waals surface area (Å²) in [7, 11) is 0. The van der Waals surface area contributed by atoms with Crippen molar-refractivity contribution < 1.29 is 9.18 Å². The molecule has 0 aliphatic carbocycles. The van der Waals surface area contributed by atoms with Crippen molar-refractivity contribution in [3.63, 3.8) is 0 Å². The number of carbonyl (C=O) groups excluding carboxylic acids is 1. The molecular weight excluding hydrogens is 391 g/mol. The van der Waals surface area contributed by atoms with Crippen LogP contribution in [0.15, 0.2) is 59.6 Å². The number of rotatable bonds is 4. The number of nitrogens with zero attached hydrogens (tertiary/aromatic N) is 2. The van der Waals surface area contributed by atoms with Gasteiger partial charge in [0.2, 0.25) is 0 Å². The van der Waals surface area contributed by atoms with Gasteiger partial charge >= 0.3 is 0 Å². The van der Waals surface area contributed by atoms with Crippen molar-refractivity contribution in [2.45, 2.75) is 6.42 Å². The molecule has 3 nitrogen and oxygen atoms in total. The first kappa shape index (κ1) is 18.7. The SMILES string of the molecule is Br.O=C(CN(C1=NCCCS1)c1ccccc1)c1ccc(F)cc1. The van der Waals surface area contributed by atoms with Gasteiger partial charge < -0.3 is 4.90 Å². The fraction of sp³-hybridized carbons (Fsp3) is 0.222. The number of amidine groups is 1. The highest BCUT2D eigenvalue weighted by Gasteiger charge is 2.20. The highest BCUT2D eigenvalue weighted by Crippen LogP contribution is 2.23. The van der Waals surface area contributed by atoms with Gasteiger partial charge in [0.05, 0.1) is 6.54 Å². The zero-order valence-electron chi connectivity index (χ0n) is 13.0. The van der Waals surface area contributed by atoms with Crippen LogP contribution >= 0.6 is 28.7 Å². The molecule has 0 saturated heterocycles. The molecule has 6 heteroatoms. The number of aliphatic imine (C=N–C) groups is 1. The van der Waals surface area contributed by atoms with Crippen molar-refractivity contribution in [2.75, 3.05) is 23.7 Å². The second-order valence-electron chi connectivity index (χ2n) is 5.22. The maximum atomic E-state index is 13.0. The molecule has 0 atom stereocenters. The number of thioether (sulfide) groups is 1. The number of Topliss-reactive ketones (excluding diaryl/α,β-unsaturated/α-hetero) is 1. The third-order valence-corrected chi connectivity index (χ3v) is 4.65. The van der Waals surface area contributed by atoms with Crippen LogP contribution in [0.25, 0.3) is 0 Å². The summed E-state index contributed by atoms with van der Waals surface area (Å²) >= 11 is 1.67. The number of carbonyl (C=O) groups is 1. The quantitative estimate of drug-likeness (QED) is 0.693. The Kier molecular flexibility index (Phi) is 6.99. The molecule has 2 aromatic rings. The monoisotopic (exact) mass is 408 g/mol. The van der Waals surface area contributed by atoms with E-state index in [2.05, 4.69) is 4.99 Å². The highest BCUT2D eigenvalue weighted by atomic mass is 79.9. The van der Waals surface area contributed by atoms with Crippen LogP contribution in [0.2, 0.25) is 0 Å². The number of halogens is 2. The van der Waals surface area contributed by atoms with Crippen LogP contribution in [0.4, 0.5) is 10.1 Å². The largest absolute Gasteiger partial charge is 0.313 e. The normalized spacial score (nSPS) is 13.6. The van der Waals surface area contributed by atoms with Crippen LogP contribution in [-0.2, 0) is 0 Å². The Morgan fingerprint density at radius 2 is 1.83 bits per heavy atom. The van der Waals surface area contributed by atoms with Gasteiger partial charge in [-0.2, -0.15) is 0 Å². The maximum absolute atomic E-state index is 13.0. The van der Waals surface area contributed by atoms with Crippen molar-refractivity contribution in [2.24, 2.45) is 4.99 Å². The predicted octanol–water partition coefficient (Wildman–Crippen LogP) is 4.59. The van der Waals surface area contributed by atoms with E-state index in [1.165, 1.54) is 24.3 Å². The third kappa shape index (κ3) is 4.68. The summed E-state index contributed by atoms with van der Waals surface area (Å²) in [6, 6.07) is 15.4. The minimum absolute atomic E-state index is 0. The molecule has 1 heterocycles. The van der Waals surface area contributed by atoms with Gasteiger partial charge in [0, 0.05) is 23.5 Å². The van der Waals surface area contributed by atoms with Gasteiger partial charge in [0.1, 0.15) is 5.82 Å². The standard InChI is InChI=1S/C18H17FN2OS.BrH/c19-15-9-7-14(8-10-15)17(22)13-21(16-5-2-1-3-6-16)18-20-11-4-12-23-18;/h1-3,5-10H,4,11-13H2;1H. The molecule has 0 N–H and O–H groups in total. The van der Waals surface area contributed by atoms with Gasteiger partial charge in [-0.1, -0.05) is 30.0 Å². The first-order valence-corrected chi connectivity index (χ1v) is 8.51. The average molecular weight is 409 g/mol. The first-order valence-electron chi connectivity index (χ1n) is 7.52. The summed E-state index contributed by atoms with van der Waals surface area (Å²) in [5.41, 5.74) is 1.45. The highest BCUT2D eigenvalue weighted by molar-refractivity contribution is 8.93. The number of hydrogen-bond acceptors (Lipinski definition) is 4. The Hall–Kier alpha value is -1.66. The van der Waals surface area contributed by atoms with Gasteiger partial charge in [-0.15, -0.1) is 17.0 Å². The zero-order chi connectivity index (χ0) is 16.1. The van der Waals surface area contributed by atoms with E-state index in [0.717, 1.165) is 29.6 Å². The summed E-state index contributed by atoms with van der Waals surface area (Å²) < 4.78 is 13.0. The van der Waals surface area contributed by atoms with Gasteiger partial charge in [-0.05, 0) is 42.8 Å². The third-order valence-electron chi connectivity index (χ3n) is 3.55. The van der Waals surface area contributed by atoms with Crippen molar-refractivity contribution >= 4 is 45.4 Å². The van der Waals surface area contributed by atoms with Gasteiger partial charge in [-0.3, -0.25) is 9.79 Å². The fourth-order valence-electron chi connectivity index (χ4n) is 2.36. The molecule has 0 spiro atoms. The summed E-state index contributed by atoms with van der Waals surface area (Å²) in [4.78, 5) is 19.1. The molecule has 0 radical (unpaired) electrons. The molecule has 1 aliphatic rings. The number of ketones is 1. The van der Waals surface area contributed by atoms with Crippen molar-refractivity contribution in [1.82, 2.24) is 0 Å². The minimum atomic E-state index is -0.339. The molecule has 0 bridgehead atoms. The van der Waals surface area contributed by atoms with E-state index in [4.69, 9.17) is 0 Å².